The van der Waals surface area contributed by atoms with Gasteiger partial charge in [-0.25, -0.2) is 20.6 Å². The van der Waals surface area contributed by atoms with Crippen molar-refractivity contribution in [3.05, 3.63) is 53.8 Å². The summed E-state index contributed by atoms with van der Waals surface area (Å²) in [5.41, 5.74) is 1.47. The molecule has 0 aliphatic carbocycles. The first-order valence-electron chi connectivity index (χ1n) is 10.5. The zero-order chi connectivity index (χ0) is 24.5. The van der Waals surface area contributed by atoms with E-state index in [1.165, 1.54) is 13.2 Å². The first-order chi connectivity index (χ1) is 16.2. The number of aliphatic imine (C=N–C) groups is 1. The normalized spacial score (nSPS) is 12.8. The lowest BCUT2D eigenvalue weighted by molar-refractivity contribution is 0.256. The van der Waals surface area contributed by atoms with Crippen molar-refractivity contribution in [3.63, 3.8) is 0 Å². The number of phenols is 1. The number of phenolic OH excluding ortho intramolecular Hbond substituents is 1. The molecule has 2 heterocycles. The fourth-order valence-corrected chi connectivity index (χ4v) is 3.19. The zero-order valence-electron chi connectivity index (χ0n) is 19.2. The Morgan fingerprint density at radius 1 is 1.26 bits per heavy atom. The van der Waals surface area contributed by atoms with E-state index in [4.69, 9.17) is 19.8 Å². The van der Waals surface area contributed by atoms with Gasteiger partial charge in [0.25, 0.3) is 0 Å². The molecule has 2 amide bonds. The molecule has 0 fully saturated rings. The van der Waals surface area contributed by atoms with Crippen molar-refractivity contribution in [2.75, 3.05) is 29.4 Å². The Labute approximate surface area is 196 Å². The van der Waals surface area contributed by atoms with Gasteiger partial charge in [0.1, 0.15) is 18.2 Å². The second kappa shape index (κ2) is 8.94. The van der Waals surface area contributed by atoms with Gasteiger partial charge >= 0.3 is 6.03 Å². The molecular formula is C23H26N6O5. The number of anilines is 3. The molecule has 0 spiro atoms. The Bertz CT molecular complexity index is 1250. The van der Waals surface area contributed by atoms with Crippen LogP contribution in [0.2, 0.25) is 0 Å². The van der Waals surface area contributed by atoms with Gasteiger partial charge in [-0.3, -0.25) is 0 Å². The Morgan fingerprint density at radius 2 is 2.06 bits per heavy atom. The van der Waals surface area contributed by atoms with Crippen LogP contribution in [0.15, 0.2) is 52.0 Å². The van der Waals surface area contributed by atoms with E-state index in [0.717, 1.165) is 5.01 Å². The van der Waals surface area contributed by atoms with E-state index in [1.54, 1.807) is 36.4 Å². The van der Waals surface area contributed by atoms with Crippen LogP contribution in [-0.2, 0) is 5.41 Å². The van der Waals surface area contributed by atoms with Crippen molar-refractivity contribution < 1.29 is 23.9 Å². The number of hydrogen-bond acceptors (Lipinski definition) is 9. The van der Waals surface area contributed by atoms with Gasteiger partial charge in [-0.15, -0.1) is 0 Å². The molecule has 0 bridgehead atoms. The van der Waals surface area contributed by atoms with Gasteiger partial charge in [-0.05, 0) is 18.2 Å². The largest absolute Gasteiger partial charge is 0.504 e. The van der Waals surface area contributed by atoms with Gasteiger partial charge in [-0.2, -0.15) is 0 Å². The van der Waals surface area contributed by atoms with Crippen LogP contribution in [0.4, 0.5) is 22.0 Å². The molecule has 11 heteroatoms. The number of nitrogens with one attached hydrogen (secondary N) is 2. The molecule has 0 saturated carbocycles. The van der Waals surface area contributed by atoms with Crippen molar-refractivity contribution in [3.8, 4) is 17.2 Å². The number of hydrogen-bond donors (Lipinski definition) is 4. The summed E-state index contributed by atoms with van der Waals surface area (Å²) in [7, 11) is 1.48. The quantitative estimate of drug-likeness (QED) is 0.196. The van der Waals surface area contributed by atoms with Crippen molar-refractivity contribution in [1.29, 1.82) is 0 Å². The fourth-order valence-electron chi connectivity index (χ4n) is 3.19. The number of methoxy groups -OCH3 is 1. The van der Waals surface area contributed by atoms with Crippen LogP contribution in [0.3, 0.4) is 0 Å². The minimum Gasteiger partial charge on any atom is -0.504 e. The summed E-state index contributed by atoms with van der Waals surface area (Å²) in [6.07, 6.45) is 0. The van der Waals surface area contributed by atoms with Crippen LogP contribution in [0.25, 0.3) is 0 Å². The Kier molecular flexibility index (Phi) is 6.03. The third-order valence-corrected chi connectivity index (χ3v) is 5.04. The van der Waals surface area contributed by atoms with E-state index >= 15 is 0 Å². The van der Waals surface area contributed by atoms with E-state index in [-0.39, 0.29) is 17.0 Å². The molecule has 0 atom stereocenters. The maximum absolute atomic E-state index is 12.6. The van der Waals surface area contributed by atoms with Crippen LogP contribution in [-0.4, -0.2) is 36.0 Å². The summed E-state index contributed by atoms with van der Waals surface area (Å²) in [4.78, 5) is 17.0. The topological polar surface area (TPSA) is 147 Å². The minimum absolute atomic E-state index is 0.0345. The lowest BCUT2D eigenvalue weighted by atomic mass is 9.93. The summed E-state index contributed by atoms with van der Waals surface area (Å²) in [6, 6.07) is 11.0. The molecule has 178 valence electrons. The molecular weight excluding hydrogens is 440 g/mol. The van der Waals surface area contributed by atoms with Gasteiger partial charge in [-0.1, -0.05) is 32.0 Å². The molecule has 1 aromatic heterocycles. The van der Waals surface area contributed by atoms with Gasteiger partial charge in [0, 0.05) is 29.3 Å². The lowest BCUT2D eigenvalue weighted by Gasteiger charge is -2.20. The molecule has 2 aromatic carbocycles. The predicted octanol–water partition coefficient (Wildman–Crippen LogP) is 3.81. The molecule has 3 aromatic rings. The Balaban J connectivity index is 1.48. The highest BCUT2D eigenvalue weighted by molar-refractivity contribution is 6.03. The van der Waals surface area contributed by atoms with Crippen LogP contribution >= 0.6 is 0 Å². The number of amides is 2. The molecule has 1 aliphatic heterocycles. The number of ether oxygens (including phenoxy) is 2. The molecule has 34 heavy (non-hydrogen) atoms. The van der Waals surface area contributed by atoms with Gasteiger partial charge in [0.2, 0.25) is 5.90 Å². The second-order valence-corrected chi connectivity index (χ2v) is 8.60. The van der Waals surface area contributed by atoms with E-state index < -0.39 is 6.03 Å². The highest BCUT2D eigenvalue weighted by Gasteiger charge is 2.24. The molecule has 11 nitrogen and oxygen atoms in total. The van der Waals surface area contributed by atoms with E-state index in [0.29, 0.717) is 46.8 Å². The lowest BCUT2D eigenvalue weighted by Crippen LogP contribution is -2.41. The zero-order valence-corrected chi connectivity index (χ0v) is 19.2. The van der Waals surface area contributed by atoms with E-state index in [1.807, 2.05) is 20.8 Å². The van der Waals surface area contributed by atoms with Crippen LogP contribution in [0.1, 0.15) is 32.1 Å². The summed E-state index contributed by atoms with van der Waals surface area (Å²) < 4.78 is 16.4. The molecule has 0 radical (unpaired) electrons. The standard InChI is InChI=1S/C23H26N6O5/c1-23(2,3)19-11-20(28-34-19)29(24)22(31)27-13-6-5-7-14(8-13)33-21-15-9-17(30)18(32-4)10-16(15)25-12-26-21/h5-11,25,30H,12,24H2,1-4H3,(H,27,31). The molecule has 5 N–H and O–H groups in total. The first kappa shape index (κ1) is 22.9. The van der Waals surface area contributed by atoms with Crippen molar-refractivity contribution >= 4 is 29.1 Å². The Morgan fingerprint density at radius 3 is 2.76 bits per heavy atom. The van der Waals surface area contributed by atoms with Crippen molar-refractivity contribution in [2.24, 2.45) is 10.8 Å². The smallest absolute Gasteiger partial charge is 0.342 e. The second-order valence-electron chi connectivity index (χ2n) is 8.60. The third-order valence-electron chi connectivity index (χ3n) is 5.04. The minimum atomic E-state index is -0.604. The number of carbonyl (C=O) groups is 1. The van der Waals surface area contributed by atoms with Gasteiger partial charge in [0.15, 0.2) is 17.3 Å². The predicted molar refractivity (Wildman–Crippen MR) is 128 cm³/mol. The number of urea groups is 1. The number of fused-ring (bicyclic) bond motifs is 1. The van der Waals surface area contributed by atoms with E-state index in [2.05, 4.69) is 20.8 Å². The number of nitrogens with two attached hydrogens (primary N) is 1. The molecule has 1 aliphatic rings. The van der Waals surface area contributed by atoms with E-state index in [9.17, 15) is 9.90 Å². The highest BCUT2D eigenvalue weighted by Crippen LogP contribution is 2.34. The Hall–Kier alpha value is -4.25. The number of aromatic hydroxyl groups is 1. The summed E-state index contributed by atoms with van der Waals surface area (Å²) >= 11 is 0. The third kappa shape index (κ3) is 4.74. The number of benzene rings is 2. The maximum atomic E-state index is 12.6. The SMILES string of the molecule is COc1cc2c(cc1O)C(Oc1cccc(NC(=O)N(N)c3cc(C(C)(C)C)on3)c1)=NCN2. The molecule has 0 unspecified atom stereocenters. The highest BCUT2D eigenvalue weighted by atomic mass is 16.5. The number of nitrogens with zero attached hydrogens (tertiary/aromatic N) is 3. The summed E-state index contributed by atoms with van der Waals surface area (Å²) in [5.74, 6) is 7.77. The first-order valence-corrected chi connectivity index (χ1v) is 10.5. The van der Waals surface area contributed by atoms with Gasteiger partial charge < -0.3 is 29.7 Å². The number of hydrazine groups is 1. The van der Waals surface area contributed by atoms with Crippen LogP contribution in [0, 0.1) is 0 Å². The monoisotopic (exact) mass is 466 g/mol. The summed E-state index contributed by atoms with van der Waals surface area (Å²) in [5, 5.41) is 20.7. The average molecular weight is 466 g/mol. The van der Waals surface area contributed by atoms with Crippen molar-refractivity contribution in [2.45, 2.75) is 26.2 Å². The number of rotatable bonds is 4. The fraction of sp³-hybridized carbons (Fsp3) is 0.261. The average Bonchev–Trinajstić information content (AvgIpc) is 3.30. The number of carbonyl (C=O) groups excluding carboxylic acids is 1. The number of aromatic nitrogens is 1. The van der Waals surface area contributed by atoms with Gasteiger partial charge in [0.05, 0.1) is 18.4 Å². The molecule has 4 rings (SSSR count). The van der Waals surface area contributed by atoms with Crippen LogP contribution < -0.4 is 31.0 Å². The van der Waals surface area contributed by atoms with Crippen LogP contribution in [0.5, 0.6) is 17.2 Å². The summed E-state index contributed by atoms with van der Waals surface area (Å²) in [6.45, 7) is 6.19. The van der Waals surface area contributed by atoms with Crippen molar-refractivity contribution in [1.82, 2.24) is 5.16 Å². The molecule has 0 saturated heterocycles. The maximum Gasteiger partial charge on any atom is 0.342 e.